The Kier molecular flexibility index (Phi) is 4.15. The number of rotatable bonds is 0. The predicted octanol–water partition coefficient (Wildman–Crippen LogP) is 7.53. The van der Waals surface area contributed by atoms with Gasteiger partial charge in [-0.15, -0.1) is 0 Å². The first-order valence-corrected chi connectivity index (χ1v) is 9.37. The van der Waals surface area contributed by atoms with Crippen molar-refractivity contribution in [2.45, 2.75) is 0 Å². The lowest BCUT2D eigenvalue weighted by atomic mass is 10.0. The minimum atomic E-state index is 0.881. The van der Waals surface area contributed by atoms with Gasteiger partial charge in [0.2, 0.25) is 0 Å². The number of anilines is 2. The first-order valence-electron chi connectivity index (χ1n) is 9.37. The van der Waals surface area contributed by atoms with Crippen LogP contribution < -0.4 is 10.1 Å². The third-order valence-corrected chi connectivity index (χ3v) is 4.88. The van der Waals surface area contributed by atoms with E-state index in [0.29, 0.717) is 0 Å². The summed E-state index contributed by atoms with van der Waals surface area (Å²) in [6.45, 7) is 0. The van der Waals surface area contributed by atoms with Gasteiger partial charge < -0.3 is 10.1 Å². The SMILES string of the molecule is c1ccc2c(c1)Nc1ccccc1O2.c1ccc2cc3ccccc3cc2c1. The molecule has 0 atom stereocenters. The lowest BCUT2D eigenvalue weighted by Crippen LogP contribution is -2.01. The summed E-state index contributed by atoms with van der Waals surface area (Å²) in [5, 5.41) is 8.56. The fraction of sp³-hybridized carbons (Fsp3) is 0. The van der Waals surface area contributed by atoms with Gasteiger partial charge in [0.15, 0.2) is 11.5 Å². The highest BCUT2D eigenvalue weighted by Crippen LogP contribution is 2.40. The van der Waals surface area contributed by atoms with Crippen molar-refractivity contribution >= 4 is 32.9 Å². The number of hydrogen-bond acceptors (Lipinski definition) is 2. The first-order chi connectivity index (χ1) is 13.9. The van der Waals surface area contributed by atoms with Crippen molar-refractivity contribution in [2.24, 2.45) is 0 Å². The Labute approximate surface area is 164 Å². The van der Waals surface area contributed by atoms with E-state index in [-0.39, 0.29) is 0 Å². The summed E-state index contributed by atoms with van der Waals surface area (Å²) in [5.41, 5.74) is 2.04. The maximum atomic E-state index is 5.71. The lowest BCUT2D eigenvalue weighted by Gasteiger charge is -2.20. The Morgan fingerprint density at radius 2 is 0.786 bits per heavy atom. The Morgan fingerprint density at radius 3 is 1.21 bits per heavy atom. The van der Waals surface area contributed by atoms with Crippen LogP contribution in [0, 0.1) is 0 Å². The zero-order chi connectivity index (χ0) is 18.8. The molecule has 134 valence electrons. The second-order valence-electron chi connectivity index (χ2n) is 6.77. The van der Waals surface area contributed by atoms with Crippen LogP contribution in [0.4, 0.5) is 11.4 Å². The van der Waals surface area contributed by atoms with Gasteiger partial charge in [-0.2, -0.15) is 0 Å². The van der Waals surface area contributed by atoms with Gasteiger partial charge >= 0.3 is 0 Å². The van der Waals surface area contributed by atoms with Crippen molar-refractivity contribution in [2.75, 3.05) is 5.32 Å². The molecule has 0 bridgehead atoms. The normalized spacial score (nSPS) is 11.4. The number of nitrogens with one attached hydrogen (secondary N) is 1. The molecule has 1 heterocycles. The monoisotopic (exact) mass is 361 g/mol. The predicted molar refractivity (Wildman–Crippen MR) is 118 cm³/mol. The van der Waals surface area contributed by atoms with E-state index in [2.05, 4.69) is 66.0 Å². The van der Waals surface area contributed by atoms with Gasteiger partial charge in [-0.05, 0) is 57.9 Å². The molecule has 0 aromatic heterocycles. The summed E-state index contributed by atoms with van der Waals surface area (Å²) < 4.78 is 5.71. The van der Waals surface area contributed by atoms with Crippen LogP contribution in [0.1, 0.15) is 0 Å². The summed E-state index contributed by atoms with van der Waals surface area (Å²) in [7, 11) is 0. The third kappa shape index (κ3) is 3.17. The Balaban J connectivity index is 0.000000122. The molecule has 2 heteroatoms. The van der Waals surface area contributed by atoms with E-state index < -0.39 is 0 Å². The van der Waals surface area contributed by atoms with Gasteiger partial charge in [0.25, 0.3) is 0 Å². The Bertz CT molecular complexity index is 1080. The Morgan fingerprint density at radius 1 is 0.429 bits per heavy atom. The van der Waals surface area contributed by atoms with E-state index in [1.807, 2.05) is 48.5 Å². The van der Waals surface area contributed by atoms with Gasteiger partial charge in [-0.25, -0.2) is 0 Å². The van der Waals surface area contributed by atoms with Crippen LogP contribution in [0.3, 0.4) is 0 Å². The van der Waals surface area contributed by atoms with Gasteiger partial charge in [0.1, 0.15) is 0 Å². The molecule has 0 spiro atoms. The molecular formula is C26H19NO. The topological polar surface area (TPSA) is 21.3 Å². The lowest BCUT2D eigenvalue weighted by molar-refractivity contribution is 0.481. The van der Waals surface area contributed by atoms with Crippen molar-refractivity contribution in [3.63, 3.8) is 0 Å². The molecule has 0 saturated heterocycles. The van der Waals surface area contributed by atoms with Crippen molar-refractivity contribution in [3.05, 3.63) is 109 Å². The maximum Gasteiger partial charge on any atom is 0.150 e. The van der Waals surface area contributed by atoms with E-state index >= 15 is 0 Å². The Hall–Kier alpha value is -3.78. The van der Waals surface area contributed by atoms with Crippen LogP contribution in [-0.2, 0) is 0 Å². The number of ether oxygens (including phenoxy) is 1. The molecular weight excluding hydrogens is 342 g/mol. The van der Waals surface area contributed by atoms with Gasteiger partial charge in [-0.1, -0.05) is 72.8 Å². The third-order valence-electron chi connectivity index (χ3n) is 4.88. The van der Waals surface area contributed by atoms with Crippen LogP contribution in [0.2, 0.25) is 0 Å². The number of fused-ring (bicyclic) bond motifs is 4. The second-order valence-corrected chi connectivity index (χ2v) is 6.77. The molecule has 0 amide bonds. The quantitative estimate of drug-likeness (QED) is 0.282. The first kappa shape index (κ1) is 16.4. The van der Waals surface area contributed by atoms with E-state index in [4.69, 9.17) is 4.74 Å². The molecule has 0 unspecified atom stereocenters. The van der Waals surface area contributed by atoms with E-state index in [9.17, 15) is 0 Å². The van der Waals surface area contributed by atoms with Gasteiger partial charge in [0.05, 0.1) is 11.4 Å². The highest BCUT2D eigenvalue weighted by Gasteiger charge is 2.13. The highest BCUT2D eigenvalue weighted by molar-refractivity contribution is 5.98. The highest BCUT2D eigenvalue weighted by atomic mass is 16.5. The molecule has 5 aromatic carbocycles. The average Bonchev–Trinajstić information content (AvgIpc) is 2.76. The summed E-state index contributed by atoms with van der Waals surface area (Å²) in [4.78, 5) is 0. The smallest absolute Gasteiger partial charge is 0.150 e. The van der Waals surface area contributed by atoms with Crippen molar-refractivity contribution in [1.29, 1.82) is 0 Å². The number of para-hydroxylation sites is 4. The molecule has 6 rings (SSSR count). The second kappa shape index (κ2) is 7.09. The van der Waals surface area contributed by atoms with Crippen LogP contribution in [0.5, 0.6) is 11.5 Å². The molecule has 1 aliphatic rings. The number of hydrogen-bond donors (Lipinski definition) is 1. The standard InChI is InChI=1S/C14H10.C12H9NO/c1-2-6-12-10-14-8-4-3-7-13(14)9-11(12)5-1;1-3-7-11-9(5-1)13-10-6-2-4-8-12(10)14-11/h1-10H;1-8,13H. The fourth-order valence-corrected chi connectivity index (χ4v) is 3.46. The zero-order valence-corrected chi connectivity index (χ0v) is 15.3. The summed E-state index contributed by atoms with van der Waals surface area (Å²) >= 11 is 0. The molecule has 2 nitrogen and oxygen atoms in total. The molecule has 1 N–H and O–H groups in total. The molecule has 0 fully saturated rings. The summed E-state index contributed by atoms with van der Waals surface area (Å²) in [5.74, 6) is 1.76. The molecule has 0 radical (unpaired) electrons. The van der Waals surface area contributed by atoms with Crippen LogP contribution in [0.25, 0.3) is 21.5 Å². The van der Waals surface area contributed by atoms with E-state index in [1.165, 1.54) is 21.5 Å². The maximum absolute atomic E-state index is 5.71. The fourth-order valence-electron chi connectivity index (χ4n) is 3.46. The van der Waals surface area contributed by atoms with Gasteiger partial charge in [-0.3, -0.25) is 0 Å². The number of benzene rings is 5. The zero-order valence-electron chi connectivity index (χ0n) is 15.3. The van der Waals surface area contributed by atoms with Crippen molar-refractivity contribution in [3.8, 4) is 11.5 Å². The molecule has 5 aromatic rings. The van der Waals surface area contributed by atoms with Crippen LogP contribution in [0.15, 0.2) is 109 Å². The van der Waals surface area contributed by atoms with Crippen LogP contribution >= 0.6 is 0 Å². The van der Waals surface area contributed by atoms with E-state index in [0.717, 1.165) is 22.9 Å². The minimum Gasteiger partial charge on any atom is -0.453 e. The molecule has 0 aliphatic carbocycles. The van der Waals surface area contributed by atoms with E-state index in [1.54, 1.807) is 0 Å². The molecule has 1 aliphatic heterocycles. The average molecular weight is 361 g/mol. The minimum absolute atomic E-state index is 0.881. The van der Waals surface area contributed by atoms with Crippen molar-refractivity contribution in [1.82, 2.24) is 0 Å². The summed E-state index contributed by atoms with van der Waals surface area (Å²) in [6.07, 6.45) is 0. The van der Waals surface area contributed by atoms with Crippen LogP contribution in [-0.4, -0.2) is 0 Å². The molecule has 28 heavy (non-hydrogen) atoms. The van der Waals surface area contributed by atoms with Gasteiger partial charge in [0, 0.05) is 0 Å². The largest absolute Gasteiger partial charge is 0.453 e. The molecule has 0 saturated carbocycles. The summed E-state index contributed by atoms with van der Waals surface area (Å²) in [6, 6.07) is 37.3. The van der Waals surface area contributed by atoms with Crippen molar-refractivity contribution < 1.29 is 4.74 Å².